The Morgan fingerprint density at radius 2 is 2.06 bits per heavy atom. The summed E-state index contributed by atoms with van der Waals surface area (Å²) in [4.78, 5) is 13.7. The van der Waals surface area contributed by atoms with Crippen LogP contribution in [-0.2, 0) is 14.3 Å². The molecule has 0 aliphatic carbocycles. The van der Waals surface area contributed by atoms with Crippen molar-refractivity contribution in [3.05, 3.63) is 0 Å². The van der Waals surface area contributed by atoms with Gasteiger partial charge in [-0.1, -0.05) is 0 Å². The molecule has 0 spiro atoms. The summed E-state index contributed by atoms with van der Waals surface area (Å²) < 4.78 is 10.8. The van der Waals surface area contributed by atoms with E-state index >= 15 is 0 Å². The zero-order chi connectivity index (χ0) is 12.6. The van der Waals surface area contributed by atoms with E-state index in [1.807, 2.05) is 4.90 Å². The summed E-state index contributed by atoms with van der Waals surface area (Å²) in [6.45, 7) is 5.48. The van der Waals surface area contributed by atoms with Gasteiger partial charge in [0.05, 0.1) is 19.3 Å². The molecule has 1 unspecified atom stereocenters. The van der Waals surface area contributed by atoms with Gasteiger partial charge in [-0.05, 0) is 25.8 Å². The van der Waals surface area contributed by atoms with Gasteiger partial charge in [0.25, 0.3) is 0 Å². The molecule has 1 N–H and O–H groups in total. The molecule has 0 aromatic carbocycles. The highest BCUT2D eigenvalue weighted by molar-refractivity contribution is 5.76. The summed E-state index contributed by atoms with van der Waals surface area (Å²) in [5.41, 5.74) is 0. The van der Waals surface area contributed by atoms with Crippen molar-refractivity contribution in [3.8, 4) is 0 Å². The van der Waals surface area contributed by atoms with Gasteiger partial charge in [0.1, 0.15) is 0 Å². The molecule has 5 heteroatoms. The molecule has 2 heterocycles. The van der Waals surface area contributed by atoms with Gasteiger partial charge >= 0.3 is 0 Å². The third kappa shape index (κ3) is 4.55. The summed E-state index contributed by atoms with van der Waals surface area (Å²) in [5.74, 6) is 0.239. The van der Waals surface area contributed by atoms with Crippen LogP contribution in [0.2, 0.25) is 0 Å². The third-order valence-electron chi connectivity index (χ3n) is 3.55. The van der Waals surface area contributed by atoms with Crippen molar-refractivity contribution in [1.82, 2.24) is 10.2 Å². The summed E-state index contributed by atoms with van der Waals surface area (Å²) in [6, 6.07) is 0. The molecule has 5 nitrogen and oxygen atoms in total. The second-order valence-electron chi connectivity index (χ2n) is 4.92. The number of rotatable bonds is 6. The predicted molar refractivity (Wildman–Crippen MR) is 68.5 cm³/mol. The lowest BCUT2D eigenvalue weighted by atomic mass is 10.2. The fourth-order valence-corrected chi connectivity index (χ4v) is 2.43. The molecular weight excluding hydrogens is 232 g/mol. The molecule has 2 aliphatic rings. The SMILES string of the molecule is O=C(CCNCCC1CCCO1)N1CCOCC1. The Labute approximate surface area is 109 Å². The number of nitrogens with zero attached hydrogens (tertiary/aromatic N) is 1. The molecule has 1 amide bonds. The van der Waals surface area contributed by atoms with E-state index in [1.165, 1.54) is 12.8 Å². The maximum absolute atomic E-state index is 11.8. The van der Waals surface area contributed by atoms with Gasteiger partial charge in [0.2, 0.25) is 5.91 Å². The fraction of sp³-hybridized carbons (Fsp3) is 0.923. The van der Waals surface area contributed by atoms with Crippen LogP contribution in [0, 0.1) is 0 Å². The van der Waals surface area contributed by atoms with Gasteiger partial charge in [-0.3, -0.25) is 4.79 Å². The molecule has 0 saturated carbocycles. The van der Waals surface area contributed by atoms with Crippen LogP contribution < -0.4 is 5.32 Å². The van der Waals surface area contributed by atoms with Crippen LogP contribution in [0.25, 0.3) is 0 Å². The number of morpholine rings is 1. The van der Waals surface area contributed by atoms with Gasteiger partial charge < -0.3 is 19.7 Å². The molecule has 2 rings (SSSR count). The number of hydrogen-bond acceptors (Lipinski definition) is 4. The fourth-order valence-electron chi connectivity index (χ4n) is 2.43. The van der Waals surface area contributed by atoms with Gasteiger partial charge in [-0.2, -0.15) is 0 Å². The van der Waals surface area contributed by atoms with E-state index in [0.29, 0.717) is 25.7 Å². The van der Waals surface area contributed by atoms with Gasteiger partial charge in [0.15, 0.2) is 0 Å². The van der Waals surface area contributed by atoms with Crippen molar-refractivity contribution in [2.24, 2.45) is 0 Å². The van der Waals surface area contributed by atoms with E-state index in [0.717, 1.165) is 39.2 Å². The molecule has 0 bridgehead atoms. The normalized spacial score (nSPS) is 24.4. The molecule has 0 aromatic rings. The van der Waals surface area contributed by atoms with Crippen molar-refractivity contribution in [2.75, 3.05) is 46.0 Å². The average Bonchev–Trinajstić information content (AvgIpc) is 2.92. The molecule has 1 atom stereocenters. The Morgan fingerprint density at radius 1 is 1.22 bits per heavy atom. The molecular formula is C13H24N2O3. The number of ether oxygens (including phenoxy) is 2. The summed E-state index contributed by atoms with van der Waals surface area (Å²) >= 11 is 0. The van der Waals surface area contributed by atoms with Gasteiger partial charge in [-0.25, -0.2) is 0 Å². The first-order chi connectivity index (χ1) is 8.86. The van der Waals surface area contributed by atoms with Crippen LogP contribution in [0.15, 0.2) is 0 Å². The lowest BCUT2D eigenvalue weighted by Crippen LogP contribution is -2.41. The zero-order valence-electron chi connectivity index (χ0n) is 11.0. The van der Waals surface area contributed by atoms with Crippen molar-refractivity contribution in [2.45, 2.75) is 31.8 Å². The highest BCUT2D eigenvalue weighted by atomic mass is 16.5. The quantitative estimate of drug-likeness (QED) is 0.699. The van der Waals surface area contributed by atoms with E-state index in [1.54, 1.807) is 0 Å². The maximum atomic E-state index is 11.8. The minimum atomic E-state index is 0.239. The molecule has 2 fully saturated rings. The third-order valence-corrected chi connectivity index (χ3v) is 3.55. The van der Waals surface area contributed by atoms with Crippen LogP contribution in [-0.4, -0.2) is 62.9 Å². The van der Waals surface area contributed by atoms with Crippen molar-refractivity contribution in [3.63, 3.8) is 0 Å². The molecule has 104 valence electrons. The Kier molecular flexibility index (Phi) is 5.90. The summed E-state index contributed by atoms with van der Waals surface area (Å²) in [6.07, 6.45) is 4.47. The van der Waals surface area contributed by atoms with Crippen LogP contribution in [0.3, 0.4) is 0 Å². The van der Waals surface area contributed by atoms with Crippen LogP contribution >= 0.6 is 0 Å². The minimum Gasteiger partial charge on any atom is -0.378 e. The Bertz CT molecular complexity index is 249. The number of carbonyl (C=O) groups excluding carboxylic acids is 1. The summed E-state index contributed by atoms with van der Waals surface area (Å²) in [7, 11) is 0. The molecule has 2 aliphatic heterocycles. The Balaban J connectivity index is 1.48. The monoisotopic (exact) mass is 256 g/mol. The molecule has 2 saturated heterocycles. The first-order valence-electron chi connectivity index (χ1n) is 7.04. The summed E-state index contributed by atoms with van der Waals surface area (Å²) in [5, 5.41) is 3.32. The van der Waals surface area contributed by atoms with Crippen LogP contribution in [0.5, 0.6) is 0 Å². The van der Waals surface area contributed by atoms with Gasteiger partial charge in [-0.15, -0.1) is 0 Å². The second kappa shape index (κ2) is 7.71. The smallest absolute Gasteiger partial charge is 0.224 e. The molecule has 0 radical (unpaired) electrons. The maximum Gasteiger partial charge on any atom is 0.224 e. The first kappa shape index (κ1) is 13.8. The lowest BCUT2D eigenvalue weighted by Gasteiger charge is -2.26. The van der Waals surface area contributed by atoms with E-state index in [4.69, 9.17) is 9.47 Å². The van der Waals surface area contributed by atoms with E-state index in [9.17, 15) is 4.79 Å². The van der Waals surface area contributed by atoms with Crippen molar-refractivity contribution < 1.29 is 14.3 Å². The lowest BCUT2D eigenvalue weighted by molar-refractivity contribution is -0.135. The number of nitrogens with one attached hydrogen (secondary N) is 1. The van der Waals surface area contributed by atoms with Crippen LogP contribution in [0.4, 0.5) is 0 Å². The Morgan fingerprint density at radius 3 is 2.78 bits per heavy atom. The highest BCUT2D eigenvalue weighted by Crippen LogP contribution is 2.14. The largest absolute Gasteiger partial charge is 0.378 e. The minimum absolute atomic E-state index is 0.239. The second-order valence-corrected chi connectivity index (χ2v) is 4.92. The number of hydrogen-bond donors (Lipinski definition) is 1. The Hall–Kier alpha value is -0.650. The zero-order valence-corrected chi connectivity index (χ0v) is 11.0. The van der Waals surface area contributed by atoms with Crippen molar-refractivity contribution in [1.29, 1.82) is 0 Å². The average molecular weight is 256 g/mol. The van der Waals surface area contributed by atoms with E-state index < -0.39 is 0 Å². The molecule has 18 heavy (non-hydrogen) atoms. The topological polar surface area (TPSA) is 50.8 Å². The predicted octanol–water partition coefficient (Wildman–Crippen LogP) is 0.394. The standard InChI is InChI=1S/C13H24N2O3/c16-13(15-7-10-17-11-8-15)4-6-14-5-3-12-2-1-9-18-12/h12,14H,1-11H2. The van der Waals surface area contributed by atoms with Gasteiger partial charge in [0, 0.05) is 32.7 Å². The first-order valence-corrected chi connectivity index (χ1v) is 7.04. The van der Waals surface area contributed by atoms with E-state index in [-0.39, 0.29) is 5.91 Å². The van der Waals surface area contributed by atoms with Crippen LogP contribution in [0.1, 0.15) is 25.7 Å². The highest BCUT2D eigenvalue weighted by Gasteiger charge is 2.16. The molecule has 0 aromatic heterocycles. The van der Waals surface area contributed by atoms with E-state index in [2.05, 4.69) is 5.32 Å². The number of amides is 1. The number of carbonyl (C=O) groups is 1. The van der Waals surface area contributed by atoms with Crippen molar-refractivity contribution >= 4 is 5.91 Å².